The molecule has 4 aromatic rings. The first-order valence-corrected chi connectivity index (χ1v) is 9.92. The number of hydrogen-bond donors (Lipinski definition) is 0. The first-order valence-electron chi connectivity index (χ1n) is 8.58. The number of rotatable bonds is 4. The summed E-state index contributed by atoms with van der Waals surface area (Å²) in [4.78, 5) is 0. The average molecular weight is 356 g/mol. The third-order valence-electron chi connectivity index (χ3n) is 4.31. The highest BCUT2D eigenvalue weighted by Crippen LogP contribution is 2.37. The normalized spacial score (nSPS) is 10.8. The lowest BCUT2D eigenvalue weighted by Gasteiger charge is -2.22. The maximum atomic E-state index is 14.3. The molecule has 0 aromatic heterocycles. The Kier molecular flexibility index (Phi) is 4.91. The molecule has 26 heavy (non-hydrogen) atoms. The van der Waals surface area contributed by atoms with Gasteiger partial charge in [-0.15, -0.1) is 0 Å². The highest BCUT2D eigenvalue weighted by molar-refractivity contribution is 7.80. The molecule has 0 fully saturated rings. The van der Waals surface area contributed by atoms with Crippen LogP contribution in [0.4, 0.5) is 4.39 Å². The van der Waals surface area contributed by atoms with Gasteiger partial charge in [0, 0.05) is 0 Å². The summed E-state index contributed by atoms with van der Waals surface area (Å²) >= 11 is 0. The molecule has 0 atom stereocenters. The predicted octanol–water partition coefficient (Wildman–Crippen LogP) is 5.25. The zero-order valence-corrected chi connectivity index (χ0v) is 15.1. The minimum absolute atomic E-state index is 0.195. The van der Waals surface area contributed by atoms with Gasteiger partial charge in [0.2, 0.25) is 0 Å². The second kappa shape index (κ2) is 7.64. The van der Waals surface area contributed by atoms with Crippen LogP contribution in [-0.2, 0) is 0 Å². The molecule has 0 saturated carbocycles. The van der Waals surface area contributed by atoms with Crippen molar-refractivity contribution in [2.45, 2.75) is 0 Å². The van der Waals surface area contributed by atoms with E-state index in [-0.39, 0.29) is 5.82 Å². The molecule has 0 heterocycles. The standard InChI is InChI=1S/C24H18FP/c25-20-16-17-23(19-10-4-1-5-11-19)24(18-20)26(21-12-6-2-7-13-21)22-14-8-3-9-15-22/h1-18H. The predicted molar refractivity (Wildman–Crippen MR) is 111 cm³/mol. The molecule has 2 heteroatoms. The lowest BCUT2D eigenvalue weighted by Crippen LogP contribution is -2.22. The van der Waals surface area contributed by atoms with E-state index < -0.39 is 7.92 Å². The zero-order valence-electron chi connectivity index (χ0n) is 14.2. The summed E-state index contributed by atoms with van der Waals surface area (Å²) in [5, 5.41) is 3.48. The van der Waals surface area contributed by atoms with Crippen LogP contribution < -0.4 is 15.9 Å². The van der Waals surface area contributed by atoms with Crippen LogP contribution in [0.2, 0.25) is 0 Å². The molecule has 0 aliphatic rings. The monoisotopic (exact) mass is 356 g/mol. The van der Waals surface area contributed by atoms with Gasteiger partial charge in [-0.25, -0.2) is 4.39 Å². The van der Waals surface area contributed by atoms with Crippen molar-refractivity contribution in [1.82, 2.24) is 0 Å². The van der Waals surface area contributed by atoms with Gasteiger partial charge >= 0.3 is 0 Å². The van der Waals surface area contributed by atoms with Crippen molar-refractivity contribution in [3.63, 3.8) is 0 Å². The van der Waals surface area contributed by atoms with E-state index >= 15 is 0 Å². The molecular weight excluding hydrogens is 338 g/mol. The Hall–Kier alpha value is -2.76. The van der Waals surface area contributed by atoms with Crippen molar-refractivity contribution in [2.75, 3.05) is 0 Å². The Bertz CT molecular complexity index is 943. The summed E-state index contributed by atoms with van der Waals surface area (Å²) in [6.45, 7) is 0. The quantitative estimate of drug-likeness (QED) is 0.438. The van der Waals surface area contributed by atoms with Crippen LogP contribution in [0.3, 0.4) is 0 Å². The molecule has 0 spiro atoms. The Morgan fingerprint density at radius 3 is 1.58 bits per heavy atom. The number of halogens is 1. The van der Waals surface area contributed by atoms with Crippen molar-refractivity contribution < 1.29 is 4.39 Å². The average Bonchev–Trinajstić information content (AvgIpc) is 2.71. The van der Waals surface area contributed by atoms with E-state index in [2.05, 4.69) is 60.7 Å². The zero-order chi connectivity index (χ0) is 17.8. The summed E-state index contributed by atoms with van der Waals surface area (Å²) in [6, 6.07) is 36.2. The second-order valence-corrected chi connectivity index (χ2v) is 8.22. The maximum Gasteiger partial charge on any atom is 0.123 e. The van der Waals surface area contributed by atoms with Crippen LogP contribution in [0, 0.1) is 5.82 Å². The van der Waals surface area contributed by atoms with Crippen LogP contribution >= 0.6 is 7.92 Å². The van der Waals surface area contributed by atoms with Crippen molar-refractivity contribution in [3.05, 3.63) is 115 Å². The Morgan fingerprint density at radius 2 is 1.04 bits per heavy atom. The number of hydrogen-bond acceptors (Lipinski definition) is 0. The minimum atomic E-state index is -0.847. The highest BCUT2D eigenvalue weighted by Gasteiger charge is 2.20. The lowest BCUT2D eigenvalue weighted by atomic mass is 10.1. The molecule has 0 bridgehead atoms. The Labute approximate surface area is 154 Å². The van der Waals surface area contributed by atoms with Gasteiger partial charge in [-0.2, -0.15) is 0 Å². The first kappa shape index (κ1) is 16.7. The van der Waals surface area contributed by atoms with Crippen LogP contribution in [0.1, 0.15) is 0 Å². The minimum Gasteiger partial charge on any atom is -0.207 e. The van der Waals surface area contributed by atoms with Crippen LogP contribution in [0.25, 0.3) is 11.1 Å². The molecular formula is C24H18FP. The van der Waals surface area contributed by atoms with Gasteiger partial charge in [-0.3, -0.25) is 0 Å². The molecule has 4 rings (SSSR count). The van der Waals surface area contributed by atoms with Gasteiger partial charge in [0.05, 0.1) is 0 Å². The van der Waals surface area contributed by atoms with Gasteiger partial charge in [-0.05, 0) is 47.1 Å². The molecule has 0 aliphatic heterocycles. The van der Waals surface area contributed by atoms with Crippen molar-refractivity contribution in [2.24, 2.45) is 0 Å². The molecule has 4 aromatic carbocycles. The smallest absolute Gasteiger partial charge is 0.123 e. The largest absolute Gasteiger partial charge is 0.207 e. The van der Waals surface area contributed by atoms with E-state index in [1.165, 1.54) is 10.6 Å². The first-order chi connectivity index (χ1) is 12.8. The summed E-state index contributed by atoms with van der Waals surface area (Å²) in [6.07, 6.45) is 0. The van der Waals surface area contributed by atoms with Gasteiger partial charge in [0.1, 0.15) is 5.82 Å². The Balaban J connectivity index is 1.96. The molecule has 0 unspecified atom stereocenters. The Morgan fingerprint density at radius 1 is 0.538 bits per heavy atom. The summed E-state index contributed by atoms with van der Waals surface area (Å²) in [5.74, 6) is -0.195. The fourth-order valence-electron chi connectivity index (χ4n) is 3.13. The molecule has 126 valence electrons. The van der Waals surface area contributed by atoms with E-state index in [0.717, 1.165) is 16.4 Å². The molecule has 0 aliphatic carbocycles. The lowest BCUT2D eigenvalue weighted by molar-refractivity contribution is 0.629. The van der Waals surface area contributed by atoms with Gasteiger partial charge in [0.25, 0.3) is 0 Å². The van der Waals surface area contributed by atoms with Gasteiger partial charge < -0.3 is 0 Å². The van der Waals surface area contributed by atoms with Gasteiger partial charge in [0.15, 0.2) is 0 Å². The van der Waals surface area contributed by atoms with Crippen molar-refractivity contribution >= 4 is 23.8 Å². The SMILES string of the molecule is Fc1ccc(-c2ccccc2)c(P(c2ccccc2)c2ccccc2)c1. The van der Waals surface area contributed by atoms with Crippen molar-refractivity contribution in [3.8, 4) is 11.1 Å². The maximum absolute atomic E-state index is 14.3. The summed E-state index contributed by atoms with van der Waals surface area (Å²) < 4.78 is 14.3. The fraction of sp³-hybridized carbons (Fsp3) is 0. The van der Waals surface area contributed by atoms with Crippen LogP contribution in [0.15, 0.2) is 109 Å². The van der Waals surface area contributed by atoms with E-state index in [1.54, 1.807) is 12.1 Å². The topological polar surface area (TPSA) is 0 Å². The van der Waals surface area contributed by atoms with Crippen molar-refractivity contribution in [1.29, 1.82) is 0 Å². The summed E-state index contributed by atoms with van der Waals surface area (Å²) in [7, 11) is -0.847. The van der Waals surface area contributed by atoms with E-state index in [0.29, 0.717) is 0 Å². The highest BCUT2D eigenvalue weighted by atomic mass is 31.1. The molecule has 0 amide bonds. The van der Waals surface area contributed by atoms with E-state index in [9.17, 15) is 4.39 Å². The van der Waals surface area contributed by atoms with Crippen LogP contribution in [0.5, 0.6) is 0 Å². The third kappa shape index (κ3) is 3.45. The molecule has 0 nitrogen and oxygen atoms in total. The second-order valence-electron chi connectivity index (χ2n) is 6.03. The molecule has 0 radical (unpaired) electrons. The molecule has 0 saturated heterocycles. The van der Waals surface area contributed by atoms with Gasteiger partial charge in [-0.1, -0.05) is 97.1 Å². The van der Waals surface area contributed by atoms with Crippen LogP contribution in [-0.4, -0.2) is 0 Å². The summed E-state index contributed by atoms with van der Waals surface area (Å²) in [5.41, 5.74) is 2.20. The fourth-order valence-corrected chi connectivity index (χ4v) is 5.62. The number of benzene rings is 4. The van der Waals surface area contributed by atoms with E-state index in [4.69, 9.17) is 0 Å². The van der Waals surface area contributed by atoms with E-state index in [1.807, 2.05) is 36.4 Å². The third-order valence-corrected chi connectivity index (χ3v) is 6.80. The molecule has 0 N–H and O–H groups in total.